The van der Waals surface area contributed by atoms with E-state index in [1.165, 1.54) is 0 Å². The molecule has 0 saturated carbocycles. The van der Waals surface area contributed by atoms with Crippen LogP contribution < -0.4 is 11.1 Å². The van der Waals surface area contributed by atoms with E-state index in [0.717, 1.165) is 13.0 Å². The number of nitrogens with one attached hydrogen (secondary N) is 1. The van der Waals surface area contributed by atoms with Gasteiger partial charge in [-0.05, 0) is 20.0 Å². The van der Waals surface area contributed by atoms with E-state index < -0.39 is 0 Å². The average molecular weight is 215 g/mol. The Morgan fingerprint density at radius 3 is 3.13 bits per heavy atom. The van der Waals surface area contributed by atoms with Crippen LogP contribution in [0.5, 0.6) is 0 Å². The molecule has 1 fully saturated rings. The lowest BCUT2D eigenvalue weighted by atomic mass is 10.2. The van der Waals surface area contributed by atoms with E-state index in [1.54, 1.807) is 0 Å². The first kappa shape index (κ1) is 12.4. The minimum absolute atomic E-state index is 0.0204. The molecule has 1 aliphatic rings. The number of nitrogens with zero attached hydrogens (tertiary/aromatic N) is 1. The van der Waals surface area contributed by atoms with Gasteiger partial charge < -0.3 is 20.7 Å². The number of rotatable bonds is 5. The number of nitrogens with two attached hydrogens (primary N) is 1. The zero-order chi connectivity index (χ0) is 11.1. The quantitative estimate of drug-likeness (QED) is 0.588. The van der Waals surface area contributed by atoms with E-state index in [9.17, 15) is 4.79 Å². The van der Waals surface area contributed by atoms with Gasteiger partial charge in [0.2, 0.25) is 5.91 Å². The van der Waals surface area contributed by atoms with Gasteiger partial charge in [0.15, 0.2) is 0 Å². The molecule has 1 saturated heterocycles. The van der Waals surface area contributed by atoms with Crippen molar-refractivity contribution >= 4 is 5.91 Å². The van der Waals surface area contributed by atoms with Crippen LogP contribution in [0.2, 0.25) is 0 Å². The molecular weight excluding hydrogens is 194 g/mol. The molecular formula is C10H21N3O2. The highest BCUT2D eigenvalue weighted by Crippen LogP contribution is 2.06. The Bertz CT molecular complexity index is 199. The maximum atomic E-state index is 11.7. The van der Waals surface area contributed by atoms with Crippen LogP contribution in [0.4, 0.5) is 0 Å². The van der Waals surface area contributed by atoms with Crippen LogP contribution in [0.25, 0.3) is 0 Å². The number of hydrogen-bond acceptors (Lipinski definition) is 4. The maximum Gasteiger partial charge on any atom is 0.222 e. The molecule has 5 nitrogen and oxygen atoms in total. The summed E-state index contributed by atoms with van der Waals surface area (Å²) in [6, 6.07) is 0. The molecule has 1 amide bonds. The van der Waals surface area contributed by atoms with Gasteiger partial charge in [-0.2, -0.15) is 0 Å². The van der Waals surface area contributed by atoms with Gasteiger partial charge >= 0.3 is 0 Å². The first-order valence-corrected chi connectivity index (χ1v) is 5.52. The molecule has 1 rings (SSSR count). The summed E-state index contributed by atoms with van der Waals surface area (Å²) in [5, 5.41) is 3.03. The van der Waals surface area contributed by atoms with Gasteiger partial charge in [0.1, 0.15) is 0 Å². The van der Waals surface area contributed by atoms with Crippen LogP contribution in [-0.4, -0.2) is 56.7 Å². The fraction of sp³-hybridized carbons (Fsp3) is 0.900. The molecule has 0 aromatic heterocycles. The van der Waals surface area contributed by atoms with Crippen LogP contribution in [0, 0.1) is 0 Å². The lowest BCUT2D eigenvalue weighted by Crippen LogP contribution is -2.48. The number of carbonyl (C=O) groups is 1. The molecule has 15 heavy (non-hydrogen) atoms. The number of carbonyl (C=O) groups excluding carboxylic acids is 1. The minimum Gasteiger partial charge on any atom is -0.373 e. The third-order valence-corrected chi connectivity index (χ3v) is 2.57. The smallest absolute Gasteiger partial charge is 0.222 e. The second-order valence-electron chi connectivity index (χ2n) is 3.78. The number of amides is 1. The van der Waals surface area contributed by atoms with Gasteiger partial charge in [-0.25, -0.2) is 0 Å². The van der Waals surface area contributed by atoms with Crippen molar-refractivity contribution < 1.29 is 9.53 Å². The van der Waals surface area contributed by atoms with Gasteiger partial charge in [-0.3, -0.25) is 4.79 Å². The van der Waals surface area contributed by atoms with E-state index in [1.807, 2.05) is 11.9 Å². The van der Waals surface area contributed by atoms with Crippen molar-refractivity contribution in [3.63, 3.8) is 0 Å². The summed E-state index contributed by atoms with van der Waals surface area (Å²) >= 11 is 0. The summed E-state index contributed by atoms with van der Waals surface area (Å²) in [6.07, 6.45) is 1.52. The molecule has 0 radical (unpaired) electrons. The molecule has 0 aliphatic carbocycles. The summed E-state index contributed by atoms with van der Waals surface area (Å²) in [5.74, 6) is 0.215. The van der Waals surface area contributed by atoms with E-state index in [-0.39, 0.29) is 12.0 Å². The van der Waals surface area contributed by atoms with Crippen molar-refractivity contribution in [3.05, 3.63) is 0 Å². The number of ether oxygens (including phenoxy) is 1. The zero-order valence-corrected chi connectivity index (χ0v) is 9.37. The van der Waals surface area contributed by atoms with Crippen molar-refractivity contribution in [1.82, 2.24) is 10.2 Å². The molecule has 1 unspecified atom stereocenters. The second kappa shape index (κ2) is 6.76. The molecule has 0 bridgehead atoms. The lowest BCUT2D eigenvalue weighted by Gasteiger charge is -2.32. The number of hydrogen-bond donors (Lipinski definition) is 2. The fourth-order valence-electron chi connectivity index (χ4n) is 1.66. The Balaban J connectivity index is 2.25. The predicted octanol–water partition coefficient (Wildman–Crippen LogP) is -0.828. The van der Waals surface area contributed by atoms with Gasteiger partial charge in [0, 0.05) is 26.1 Å². The highest BCUT2D eigenvalue weighted by Gasteiger charge is 2.22. The molecule has 3 N–H and O–H groups in total. The summed E-state index contributed by atoms with van der Waals surface area (Å²) in [4.78, 5) is 13.6. The van der Waals surface area contributed by atoms with Gasteiger partial charge in [-0.1, -0.05) is 0 Å². The molecule has 1 heterocycles. The van der Waals surface area contributed by atoms with Crippen LogP contribution in [0.1, 0.15) is 12.8 Å². The molecule has 1 atom stereocenters. The third kappa shape index (κ3) is 4.15. The normalized spacial score (nSPS) is 21.7. The van der Waals surface area contributed by atoms with Crippen molar-refractivity contribution in [3.8, 4) is 0 Å². The summed E-state index contributed by atoms with van der Waals surface area (Å²) in [7, 11) is 1.89. The molecule has 0 aromatic rings. The van der Waals surface area contributed by atoms with Gasteiger partial charge in [-0.15, -0.1) is 0 Å². The Hall–Kier alpha value is -0.650. The summed E-state index contributed by atoms with van der Waals surface area (Å²) in [5.41, 5.74) is 5.51. The SMILES string of the molecule is CNCCCC(=O)N1CCOC(CN)C1. The first-order chi connectivity index (χ1) is 7.27. The van der Waals surface area contributed by atoms with Crippen LogP contribution in [-0.2, 0) is 9.53 Å². The Morgan fingerprint density at radius 2 is 2.47 bits per heavy atom. The molecule has 88 valence electrons. The first-order valence-electron chi connectivity index (χ1n) is 5.52. The topological polar surface area (TPSA) is 67.6 Å². The highest BCUT2D eigenvalue weighted by atomic mass is 16.5. The van der Waals surface area contributed by atoms with Gasteiger partial charge in [0.05, 0.1) is 12.7 Å². The van der Waals surface area contributed by atoms with E-state index in [0.29, 0.717) is 32.7 Å². The fourth-order valence-corrected chi connectivity index (χ4v) is 1.66. The van der Waals surface area contributed by atoms with Crippen molar-refractivity contribution in [2.45, 2.75) is 18.9 Å². The van der Waals surface area contributed by atoms with E-state index in [4.69, 9.17) is 10.5 Å². The Morgan fingerprint density at radius 1 is 1.67 bits per heavy atom. The second-order valence-corrected chi connectivity index (χ2v) is 3.78. The summed E-state index contributed by atoms with van der Waals surface area (Å²) in [6.45, 7) is 3.33. The average Bonchev–Trinajstić information content (AvgIpc) is 2.29. The van der Waals surface area contributed by atoms with Crippen molar-refractivity contribution in [2.24, 2.45) is 5.73 Å². The predicted molar refractivity (Wildman–Crippen MR) is 58.5 cm³/mol. The molecule has 0 spiro atoms. The molecule has 5 heteroatoms. The maximum absolute atomic E-state index is 11.7. The zero-order valence-electron chi connectivity index (χ0n) is 9.37. The largest absolute Gasteiger partial charge is 0.373 e. The van der Waals surface area contributed by atoms with Crippen LogP contribution in [0.15, 0.2) is 0 Å². The molecule has 1 aliphatic heterocycles. The minimum atomic E-state index is 0.0204. The lowest BCUT2D eigenvalue weighted by molar-refractivity contribution is -0.138. The highest BCUT2D eigenvalue weighted by molar-refractivity contribution is 5.76. The van der Waals surface area contributed by atoms with E-state index in [2.05, 4.69) is 5.32 Å². The van der Waals surface area contributed by atoms with Gasteiger partial charge in [0.25, 0.3) is 0 Å². The van der Waals surface area contributed by atoms with Crippen LogP contribution in [0.3, 0.4) is 0 Å². The van der Waals surface area contributed by atoms with Crippen molar-refractivity contribution in [1.29, 1.82) is 0 Å². The molecule has 0 aromatic carbocycles. The van der Waals surface area contributed by atoms with Crippen LogP contribution >= 0.6 is 0 Å². The van der Waals surface area contributed by atoms with E-state index >= 15 is 0 Å². The number of morpholine rings is 1. The Kier molecular flexibility index (Phi) is 5.60. The Labute approximate surface area is 90.9 Å². The van der Waals surface area contributed by atoms with Crippen molar-refractivity contribution in [2.75, 3.05) is 39.8 Å². The monoisotopic (exact) mass is 215 g/mol. The third-order valence-electron chi connectivity index (χ3n) is 2.57. The standard InChI is InChI=1S/C10H21N3O2/c1-12-4-2-3-10(14)13-5-6-15-9(7-11)8-13/h9,12H,2-8,11H2,1H3. The summed E-state index contributed by atoms with van der Waals surface area (Å²) < 4.78 is 5.40.